The van der Waals surface area contributed by atoms with E-state index in [2.05, 4.69) is 4.99 Å². The molecule has 0 saturated heterocycles. The molecule has 0 aliphatic rings. The van der Waals surface area contributed by atoms with Gasteiger partial charge >= 0.3 is 12.1 Å². The number of halogens is 3. The second-order valence-corrected chi connectivity index (χ2v) is 12.4. The van der Waals surface area contributed by atoms with Crippen molar-refractivity contribution in [2.45, 2.75) is 37.9 Å². The van der Waals surface area contributed by atoms with Crippen molar-refractivity contribution in [3.8, 4) is 0 Å². The van der Waals surface area contributed by atoms with Crippen molar-refractivity contribution >= 4 is 19.8 Å². The van der Waals surface area contributed by atoms with Crippen LogP contribution in [0.15, 0.2) is 35.3 Å². The van der Waals surface area contributed by atoms with Crippen molar-refractivity contribution in [1.29, 1.82) is 0 Å². The highest BCUT2D eigenvalue weighted by molar-refractivity contribution is 6.76. The lowest BCUT2D eigenvalue weighted by Gasteiger charge is -2.18. The van der Waals surface area contributed by atoms with Crippen LogP contribution in [0.4, 0.5) is 13.2 Å². The van der Waals surface area contributed by atoms with Gasteiger partial charge in [0.1, 0.15) is 0 Å². The van der Waals surface area contributed by atoms with Gasteiger partial charge in [0.25, 0.3) is 0 Å². The molecule has 0 radical (unpaired) electrons. The molecular formula is C17H24F3NO3Si. The summed E-state index contributed by atoms with van der Waals surface area (Å²) in [6, 6.07) is 8.04. The number of ether oxygens (including phenoxy) is 2. The molecule has 4 nitrogen and oxygen atoms in total. The van der Waals surface area contributed by atoms with Gasteiger partial charge in [-0.15, -0.1) is 0 Å². The van der Waals surface area contributed by atoms with Crippen LogP contribution in [0.5, 0.6) is 0 Å². The van der Waals surface area contributed by atoms with Gasteiger partial charge in [-0.25, -0.2) is 4.79 Å². The Hall–Kier alpha value is -1.67. The highest BCUT2D eigenvalue weighted by atomic mass is 28.3. The van der Waals surface area contributed by atoms with Crippen LogP contribution in [0.2, 0.25) is 25.7 Å². The Morgan fingerprint density at radius 3 is 2.28 bits per heavy atom. The van der Waals surface area contributed by atoms with Crippen LogP contribution in [0, 0.1) is 0 Å². The molecule has 0 saturated carbocycles. The molecule has 0 heterocycles. The minimum absolute atomic E-state index is 0.0378. The van der Waals surface area contributed by atoms with E-state index < -0.39 is 32.0 Å². The standard InChI is InChI=1S/C17H24F3NO3Si/c1-23-12-14(13-8-6-5-7-9-13)21-15(17(18,19)20)16(22)24-10-11-25(2,3)4/h5-9,14H,10-12H2,1-4H3/t14-/m0/s1. The summed E-state index contributed by atoms with van der Waals surface area (Å²) in [5, 5.41) is 0. The summed E-state index contributed by atoms with van der Waals surface area (Å²) in [5.74, 6) is -1.44. The van der Waals surface area contributed by atoms with Gasteiger partial charge < -0.3 is 9.47 Å². The average molecular weight is 375 g/mol. The van der Waals surface area contributed by atoms with E-state index >= 15 is 0 Å². The van der Waals surface area contributed by atoms with Crippen LogP contribution in [-0.4, -0.2) is 46.3 Å². The Kier molecular flexibility index (Phi) is 7.82. The molecule has 1 rings (SSSR count). The molecular weight excluding hydrogens is 351 g/mol. The van der Waals surface area contributed by atoms with Gasteiger partial charge in [-0.2, -0.15) is 13.2 Å². The van der Waals surface area contributed by atoms with E-state index in [1.807, 2.05) is 19.6 Å². The van der Waals surface area contributed by atoms with Gasteiger partial charge in [0.2, 0.25) is 5.71 Å². The summed E-state index contributed by atoms with van der Waals surface area (Å²) in [4.78, 5) is 15.6. The monoisotopic (exact) mass is 375 g/mol. The third-order valence-corrected chi connectivity index (χ3v) is 5.05. The fourth-order valence-corrected chi connectivity index (χ4v) is 2.67. The highest BCUT2D eigenvalue weighted by Crippen LogP contribution is 2.24. The summed E-state index contributed by atoms with van der Waals surface area (Å²) in [6.07, 6.45) is -4.89. The average Bonchev–Trinajstić information content (AvgIpc) is 2.49. The van der Waals surface area contributed by atoms with E-state index in [0.29, 0.717) is 11.6 Å². The molecule has 0 bridgehead atoms. The number of carbonyl (C=O) groups is 1. The first kappa shape index (κ1) is 21.4. The molecule has 8 heteroatoms. The Labute approximate surface area is 147 Å². The predicted molar refractivity (Wildman–Crippen MR) is 93.7 cm³/mol. The van der Waals surface area contributed by atoms with Crippen LogP contribution < -0.4 is 0 Å². The zero-order valence-electron chi connectivity index (χ0n) is 14.9. The summed E-state index contributed by atoms with van der Waals surface area (Å²) in [6.45, 7) is 6.02. The first-order chi connectivity index (χ1) is 11.5. The van der Waals surface area contributed by atoms with Crippen LogP contribution >= 0.6 is 0 Å². The van der Waals surface area contributed by atoms with Gasteiger partial charge in [0, 0.05) is 15.2 Å². The molecule has 0 fully saturated rings. The number of methoxy groups -OCH3 is 1. The molecule has 25 heavy (non-hydrogen) atoms. The lowest BCUT2D eigenvalue weighted by Crippen LogP contribution is -2.34. The third-order valence-electron chi connectivity index (χ3n) is 3.34. The van der Waals surface area contributed by atoms with Crippen LogP contribution in [0.25, 0.3) is 0 Å². The fourth-order valence-electron chi connectivity index (χ4n) is 1.96. The molecule has 0 N–H and O–H groups in total. The first-order valence-electron chi connectivity index (χ1n) is 7.90. The Bertz CT molecular complexity index is 583. The van der Waals surface area contributed by atoms with E-state index in [9.17, 15) is 18.0 Å². The molecule has 0 aromatic heterocycles. The Morgan fingerprint density at radius 1 is 1.20 bits per heavy atom. The summed E-state index contributed by atoms with van der Waals surface area (Å²) in [5.41, 5.74) is -1.00. The summed E-state index contributed by atoms with van der Waals surface area (Å²) in [7, 11) is -0.154. The molecule has 0 aliphatic heterocycles. The van der Waals surface area contributed by atoms with E-state index in [4.69, 9.17) is 9.47 Å². The van der Waals surface area contributed by atoms with Gasteiger partial charge in [-0.1, -0.05) is 50.0 Å². The number of nitrogens with zero attached hydrogens (tertiary/aromatic N) is 1. The third kappa shape index (κ3) is 7.83. The number of aliphatic imine (C=N–C) groups is 1. The molecule has 0 aliphatic carbocycles. The maximum absolute atomic E-state index is 13.3. The van der Waals surface area contributed by atoms with Gasteiger partial charge in [0.15, 0.2) is 0 Å². The van der Waals surface area contributed by atoms with E-state index in [-0.39, 0.29) is 13.2 Å². The number of carbonyl (C=O) groups excluding carboxylic acids is 1. The number of rotatable bonds is 8. The van der Waals surface area contributed by atoms with Crippen molar-refractivity contribution in [2.75, 3.05) is 20.3 Å². The minimum Gasteiger partial charge on any atom is -0.461 e. The van der Waals surface area contributed by atoms with Crippen molar-refractivity contribution in [2.24, 2.45) is 4.99 Å². The molecule has 0 amide bonds. The van der Waals surface area contributed by atoms with Crippen LogP contribution in [-0.2, 0) is 14.3 Å². The number of esters is 1. The number of hydrogen-bond donors (Lipinski definition) is 0. The van der Waals surface area contributed by atoms with Crippen molar-refractivity contribution in [3.05, 3.63) is 35.9 Å². The predicted octanol–water partition coefficient (Wildman–Crippen LogP) is 4.26. The zero-order valence-corrected chi connectivity index (χ0v) is 15.9. The Morgan fingerprint density at radius 2 is 1.80 bits per heavy atom. The van der Waals surface area contributed by atoms with Gasteiger partial charge in [-0.05, 0) is 11.6 Å². The number of hydrogen-bond acceptors (Lipinski definition) is 4. The lowest BCUT2D eigenvalue weighted by molar-refractivity contribution is -0.139. The molecule has 0 spiro atoms. The first-order valence-corrected chi connectivity index (χ1v) is 11.6. The SMILES string of the molecule is COC[C@H](N=C(C(=O)OCC[Si](C)(C)C)C(F)(F)F)c1ccccc1. The smallest absolute Gasteiger partial charge is 0.440 e. The molecule has 1 aromatic rings. The van der Waals surface area contributed by atoms with Gasteiger partial charge in [-0.3, -0.25) is 4.99 Å². The molecule has 1 aromatic carbocycles. The van der Waals surface area contributed by atoms with E-state index in [1.54, 1.807) is 30.3 Å². The largest absolute Gasteiger partial charge is 0.461 e. The number of alkyl halides is 3. The van der Waals surface area contributed by atoms with Crippen LogP contribution in [0.3, 0.4) is 0 Å². The van der Waals surface area contributed by atoms with E-state index in [0.717, 1.165) is 0 Å². The normalized spacial score (nSPS) is 14.3. The van der Waals surface area contributed by atoms with Crippen molar-refractivity contribution in [1.82, 2.24) is 0 Å². The maximum Gasteiger partial charge on any atom is 0.440 e. The zero-order chi connectivity index (χ0) is 19.1. The van der Waals surface area contributed by atoms with Gasteiger partial charge in [0.05, 0.1) is 19.3 Å². The quantitative estimate of drug-likeness (QED) is 0.387. The van der Waals surface area contributed by atoms with Crippen molar-refractivity contribution in [3.63, 3.8) is 0 Å². The molecule has 140 valence electrons. The topological polar surface area (TPSA) is 47.9 Å². The van der Waals surface area contributed by atoms with E-state index in [1.165, 1.54) is 7.11 Å². The highest BCUT2D eigenvalue weighted by Gasteiger charge is 2.42. The lowest BCUT2D eigenvalue weighted by atomic mass is 10.1. The second kappa shape index (κ2) is 9.14. The van der Waals surface area contributed by atoms with Crippen LogP contribution in [0.1, 0.15) is 11.6 Å². The summed E-state index contributed by atoms with van der Waals surface area (Å²) >= 11 is 0. The Balaban J connectivity index is 3.02. The molecule has 1 atom stereocenters. The number of benzene rings is 1. The summed E-state index contributed by atoms with van der Waals surface area (Å²) < 4.78 is 49.6. The van der Waals surface area contributed by atoms with Crippen molar-refractivity contribution < 1.29 is 27.4 Å². The second-order valence-electron chi connectivity index (χ2n) is 6.80. The maximum atomic E-state index is 13.3. The fraction of sp³-hybridized carbons (Fsp3) is 0.529. The minimum atomic E-state index is -4.89. The molecule has 0 unspecified atom stereocenters.